The van der Waals surface area contributed by atoms with Crippen molar-refractivity contribution in [1.82, 2.24) is 0 Å². The van der Waals surface area contributed by atoms with Crippen molar-refractivity contribution in [1.29, 1.82) is 0 Å². The highest BCUT2D eigenvalue weighted by molar-refractivity contribution is 5.76. The topological polar surface area (TPSA) is 21.3 Å². The maximum absolute atomic E-state index is 5.59. The molecule has 32 heavy (non-hydrogen) atoms. The number of nitrogens with one attached hydrogen (secondary N) is 1. The van der Waals surface area contributed by atoms with Gasteiger partial charge in [-0.15, -0.1) is 0 Å². The first-order chi connectivity index (χ1) is 15.8. The average Bonchev–Trinajstić information content (AvgIpc) is 3.23. The summed E-state index contributed by atoms with van der Waals surface area (Å²) in [4.78, 5) is 0. The first-order valence-corrected chi connectivity index (χ1v) is 11.2. The molecule has 156 valence electrons. The summed E-state index contributed by atoms with van der Waals surface area (Å²) in [5.41, 5.74) is 10.5. The minimum absolute atomic E-state index is 0.239. The molecule has 0 radical (unpaired) electrons. The molecule has 0 amide bonds. The third kappa shape index (κ3) is 3.11. The SMILES string of the molecule is COc1ccc2c(c1)[C@@H](c1ccc3cccccc1-3)C[C@@H](c1ccc3cccccc1-3)N2. The summed E-state index contributed by atoms with van der Waals surface area (Å²) in [6.45, 7) is 0. The molecule has 1 aliphatic heterocycles. The Kier molecular flexibility index (Phi) is 4.57. The largest absolute Gasteiger partial charge is 0.497 e. The average molecular weight is 416 g/mol. The van der Waals surface area contributed by atoms with Crippen LogP contribution in [0.1, 0.15) is 35.1 Å². The number of rotatable bonds is 3. The van der Waals surface area contributed by atoms with Crippen molar-refractivity contribution >= 4 is 5.69 Å². The molecular formula is C30H25NO. The van der Waals surface area contributed by atoms with Gasteiger partial charge in [0.05, 0.1) is 13.2 Å². The third-order valence-electron chi connectivity index (χ3n) is 6.84. The second-order valence-corrected chi connectivity index (χ2v) is 8.58. The predicted octanol–water partition coefficient (Wildman–Crippen LogP) is 7.59. The summed E-state index contributed by atoms with van der Waals surface area (Å²) in [5.74, 6) is 1.19. The lowest BCUT2D eigenvalue weighted by Gasteiger charge is -2.34. The van der Waals surface area contributed by atoms with Crippen LogP contribution in [0.15, 0.2) is 103 Å². The lowest BCUT2D eigenvalue weighted by molar-refractivity contribution is 0.413. The van der Waals surface area contributed by atoms with Gasteiger partial charge in [-0.2, -0.15) is 0 Å². The number of hydrogen-bond acceptors (Lipinski definition) is 2. The van der Waals surface area contributed by atoms with Crippen molar-refractivity contribution in [2.45, 2.75) is 18.4 Å². The van der Waals surface area contributed by atoms with E-state index in [4.69, 9.17) is 4.74 Å². The summed E-state index contributed by atoms with van der Waals surface area (Å²) < 4.78 is 5.59. The molecule has 4 aliphatic carbocycles. The fourth-order valence-electron chi connectivity index (χ4n) is 5.28. The van der Waals surface area contributed by atoms with E-state index >= 15 is 0 Å². The second kappa shape index (κ2) is 7.72. The van der Waals surface area contributed by atoms with Crippen LogP contribution in [0.4, 0.5) is 5.69 Å². The van der Waals surface area contributed by atoms with Gasteiger partial charge < -0.3 is 10.1 Å². The maximum atomic E-state index is 5.59. The van der Waals surface area contributed by atoms with Crippen LogP contribution < -0.4 is 10.1 Å². The van der Waals surface area contributed by atoms with Gasteiger partial charge in [0.2, 0.25) is 0 Å². The van der Waals surface area contributed by atoms with Crippen LogP contribution in [0.2, 0.25) is 0 Å². The molecule has 6 rings (SSSR count). The number of benzene rings is 1. The van der Waals surface area contributed by atoms with Crippen LogP contribution in [0, 0.1) is 0 Å². The molecular weight excluding hydrogens is 390 g/mol. The Hall–Kier alpha value is -3.78. The molecule has 0 unspecified atom stereocenters. The van der Waals surface area contributed by atoms with Crippen molar-refractivity contribution < 1.29 is 4.74 Å². The molecule has 5 aliphatic rings. The number of methoxy groups -OCH3 is 1. The molecule has 0 aromatic heterocycles. The lowest BCUT2D eigenvalue weighted by Crippen LogP contribution is -2.22. The molecule has 1 aromatic rings. The van der Waals surface area contributed by atoms with Crippen molar-refractivity contribution in [3.05, 3.63) is 120 Å². The first-order valence-electron chi connectivity index (χ1n) is 11.2. The van der Waals surface area contributed by atoms with E-state index in [0.29, 0.717) is 0 Å². The molecule has 2 heteroatoms. The minimum Gasteiger partial charge on any atom is -0.497 e. The van der Waals surface area contributed by atoms with Gasteiger partial charge in [0.15, 0.2) is 0 Å². The number of ether oxygens (including phenoxy) is 1. The van der Waals surface area contributed by atoms with Crippen LogP contribution in [-0.4, -0.2) is 7.11 Å². The summed E-state index contributed by atoms with van der Waals surface area (Å²) in [7, 11) is 1.74. The zero-order chi connectivity index (χ0) is 21.5. The fraction of sp³-hybridized carbons (Fsp3) is 0.133. The molecule has 0 spiro atoms. The van der Waals surface area contributed by atoms with Gasteiger partial charge in [0.25, 0.3) is 0 Å². The minimum atomic E-state index is 0.239. The lowest BCUT2D eigenvalue weighted by atomic mass is 9.79. The Morgan fingerprint density at radius 2 is 1.31 bits per heavy atom. The van der Waals surface area contributed by atoms with Crippen LogP contribution in [-0.2, 0) is 0 Å². The second-order valence-electron chi connectivity index (χ2n) is 8.58. The van der Waals surface area contributed by atoms with Gasteiger partial charge in [-0.25, -0.2) is 0 Å². The Bertz CT molecular complexity index is 1340. The zero-order valence-corrected chi connectivity index (χ0v) is 18.1. The summed E-state index contributed by atoms with van der Waals surface area (Å²) in [6.07, 6.45) is 0.996. The number of hydrogen-bond donors (Lipinski definition) is 1. The molecule has 0 saturated carbocycles. The predicted molar refractivity (Wildman–Crippen MR) is 132 cm³/mol. The van der Waals surface area contributed by atoms with Crippen molar-refractivity contribution in [3.63, 3.8) is 0 Å². The van der Waals surface area contributed by atoms with Gasteiger partial charge in [-0.1, -0.05) is 84.9 Å². The zero-order valence-electron chi connectivity index (χ0n) is 18.1. The molecule has 2 atom stereocenters. The summed E-state index contributed by atoms with van der Waals surface area (Å²) in [5, 5.41) is 3.84. The Balaban J connectivity index is 1.49. The van der Waals surface area contributed by atoms with Gasteiger partial charge in [0.1, 0.15) is 5.75 Å². The molecule has 0 bridgehead atoms. The quantitative estimate of drug-likeness (QED) is 0.328. The highest BCUT2D eigenvalue weighted by Gasteiger charge is 2.32. The van der Waals surface area contributed by atoms with E-state index in [2.05, 4.69) is 108 Å². The van der Waals surface area contributed by atoms with Crippen molar-refractivity contribution in [2.75, 3.05) is 12.4 Å². The van der Waals surface area contributed by atoms with Crippen LogP contribution in [0.3, 0.4) is 0 Å². The van der Waals surface area contributed by atoms with Gasteiger partial charge in [-0.05, 0) is 63.6 Å². The monoisotopic (exact) mass is 415 g/mol. The van der Waals surface area contributed by atoms with E-state index < -0.39 is 0 Å². The molecule has 0 fully saturated rings. The molecule has 2 nitrogen and oxygen atoms in total. The van der Waals surface area contributed by atoms with Crippen molar-refractivity contribution in [3.8, 4) is 28.0 Å². The molecule has 1 heterocycles. The Morgan fingerprint density at radius 1 is 0.656 bits per heavy atom. The molecule has 1 aromatic carbocycles. The maximum Gasteiger partial charge on any atom is 0.119 e. The first kappa shape index (κ1) is 18.9. The highest BCUT2D eigenvalue weighted by atomic mass is 16.5. The Labute approximate surface area is 189 Å². The van der Waals surface area contributed by atoms with E-state index in [-0.39, 0.29) is 12.0 Å². The fourth-order valence-corrected chi connectivity index (χ4v) is 5.28. The normalized spacial score (nSPS) is 17.7. The smallest absolute Gasteiger partial charge is 0.119 e. The van der Waals surface area contributed by atoms with Crippen LogP contribution in [0.25, 0.3) is 22.3 Å². The third-order valence-corrected chi connectivity index (χ3v) is 6.84. The van der Waals surface area contributed by atoms with Gasteiger partial charge in [0, 0.05) is 11.6 Å². The molecule has 1 N–H and O–H groups in total. The highest BCUT2D eigenvalue weighted by Crippen LogP contribution is 2.49. The summed E-state index contributed by atoms with van der Waals surface area (Å²) in [6, 6.07) is 37.3. The van der Waals surface area contributed by atoms with Crippen LogP contribution >= 0.6 is 0 Å². The van der Waals surface area contributed by atoms with E-state index in [1.54, 1.807) is 7.11 Å². The Morgan fingerprint density at radius 3 is 2.03 bits per heavy atom. The van der Waals surface area contributed by atoms with E-state index in [1.165, 1.54) is 44.6 Å². The van der Waals surface area contributed by atoms with Crippen LogP contribution in [0.5, 0.6) is 5.75 Å². The van der Waals surface area contributed by atoms with Gasteiger partial charge >= 0.3 is 0 Å². The number of fused-ring (bicyclic) bond motifs is 3. The molecule has 0 saturated heterocycles. The van der Waals surface area contributed by atoms with E-state index in [1.807, 2.05) is 0 Å². The summed E-state index contributed by atoms with van der Waals surface area (Å²) >= 11 is 0. The van der Waals surface area contributed by atoms with Crippen molar-refractivity contribution in [2.24, 2.45) is 0 Å². The van der Waals surface area contributed by atoms with Gasteiger partial charge in [-0.3, -0.25) is 0 Å². The number of anilines is 1. The van der Waals surface area contributed by atoms with E-state index in [9.17, 15) is 0 Å². The standard InChI is InChI=1S/C30H25NO/c1-32-22-14-17-29-28(18-22)27(25-15-12-20-8-4-2-6-10-23(20)25)19-30(31-29)26-16-13-21-9-5-3-7-11-24(21)26/h2-18,27,30-31H,19H2,1H3/t27-,30+/m1/s1. The van der Waals surface area contributed by atoms with E-state index in [0.717, 1.165) is 12.2 Å².